The number of fused-ring (bicyclic) bond motifs is 1. The van der Waals surface area contributed by atoms with Crippen molar-refractivity contribution in [2.24, 2.45) is 0 Å². The summed E-state index contributed by atoms with van der Waals surface area (Å²) >= 11 is 0. The van der Waals surface area contributed by atoms with Crippen molar-refractivity contribution >= 4 is 11.6 Å². The van der Waals surface area contributed by atoms with Gasteiger partial charge in [-0.15, -0.1) is 10.2 Å². The van der Waals surface area contributed by atoms with Gasteiger partial charge in [0, 0.05) is 30.6 Å². The van der Waals surface area contributed by atoms with Gasteiger partial charge in [-0.05, 0) is 37.1 Å². The summed E-state index contributed by atoms with van der Waals surface area (Å²) in [7, 11) is 0. The van der Waals surface area contributed by atoms with Crippen LogP contribution in [0.25, 0.3) is 11.4 Å². The zero-order valence-electron chi connectivity index (χ0n) is 11.6. The molecular weight excluding hydrogens is 252 g/mol. The quantitative estimate of drug-likeness (QED) is 0.932. The highest BCUT2D eigenvalue weighted by atomic mass is 16.1. The summed E-state index contributed by atoms with van der Waals surface area (Å²) in [6, 6.07) is 7.79. The molecule has 1 aliphatic heterocycles. The zero-order valence-corrected chi connectivity index (χ0v) is 11.6. The van der Waals surface area contributed by atoms with Crippen LogP contribution in [-0.4, -0.2) is 20.7 Å². The molecule has 20 heavy (non-hydrogen) atoms. The van der Waals surface area contributed by atoms with Crippen LogP contribution in [0.15, 0.2) is 24.3 Å². The molecule has 3 rings (SSSR count). The van der Waals surface area contributed by atoms with Gasteiger partial charge in [-0.25, -0.2) is 0 Å². The lowest BCUT2D eigenvalue weighted by molar-refractivity contribution is -0.115. The number of carbonyl (C=O) groups excluding carboxylic acids is 1. The van der Waals surface area contributed by atoms with Crippen LogP contribution >= 0.6 is 0 Å². The van der Waals surface area contributed by atoms with Crippen molar-refractivity contribution in [2.45, 2.75) is 39.2 Å². The smallest absolute Gasteiger partial charge is 0.224 e. The first-order valence-electron chi connectivity index (χ1n) is 7.10. The Morgan fingerprint density at radius 3 is 2.80 bits per heavy atom. The van der Waals surface area contributed by atoms with Gasteiger partial charge >= 0.3 is 0 Å². The largest absolute Gasteiger partial charge is 0.326 e. The summed E-state index contributed by atoms with van der Waals surface area (Å²) in [5.41, 5.74) is 1.86. The Labute approximate surface area is 118 Å². The second kappa shape index (κ2) is 5.45. The minimum absolute atomic E-state index is 0.0256. The van der Waals surface area contributed by atoms with Gasteiger partial charge < -0.3 is 9.88 Å². The normalized spacial score (nSPS) is 13.8. The highest BCUT2D eigenvalue weighted by Crippen LogP contribution is 2.24. The molecule has 1 amide bonds. The minimum atomic E-state index is 0.0256. The second-order valence-electron chi connectivity index (χ2n) is 5.03. The Bertz CT molecular complexity index is 615. The molecule has 1 aliphatic rings. The second-order valence-corrected chi connectivity index (χ2v) is 5.03. The number of carbonyl (C=O) groups is 1. The number of hydrogen-bond donors (Lipinski definition) is 1. The van der Waals surface area contributed by atoms with Crippen molar-refractivity contribution in [2.75, 3.05) is 5.32 Å². The maximum Gasteiger partial charge on any atom is 0.224 e. The van der Waals surface area contributed by atoms with Crippen LogP contribution in [0.4, 0.5) is 5.69 Å². The number of benzene rings is 1. The van der Waals surface area contributed by atoms with Crippen LogP contribution in [0.1, 0.15) is 32.0 Å². The Hall–Kier alpha value is -2.17. The van der Waals surface area contributed by atoms with Crippen LogP contribution < -0.4 is 5.32 Å². The van der Waals surface area contributed by atoms with E-state index in [0.29, 0.717) is 6.42 Å². The van der Waals surface area contributed by atoms with Crippen LogP contribution in [-0.2, 0) is 17.8 Å². The third-order valence-corrected chi connectivity index (χ3v) is 3.61. The van der Waals surface area contributed by atoms with Gasteiger partial charge in [-0.2, -0.15) is 0 Å². The molecule has 2 aromatic rings. The van der Waals surface area contributed by atoms with Gasteiger partial charge in [0.25, 0.3) is 0 Å². The summed E-state index contributed by atoms with van der Waals surface area (Å²) in [5, 5.41) is 11.4. The van der Waals surface area contributed by atoms with Gasteiger partial charge in [0.15, 0.2) is 5.82 Å². The predicted molar refractivity (Wildman–Crippen MR) is 77.3 cm³/mol. The van der Waals surface area contributed by atoms with E-state index in [2.05, 4.69) is 20.1 Å². The van der Waals surface area contributed by atoms with Crippen LogP contribution in [0.5, 0.6) is 0 Å². The van der Waals surface area contributed by atoms with E-state index < -0.39 is 0 Å². The number of hydrogen-bond acceptors (Lipinski definition) is 3. The highest BCUT2D eigenvalue weighted by Gasteiger charge is 2.16. The lowest BCUT2D eigenvalue weighted by Crippen LogP contribution is -2.11. The average molecular weight is 270 g/mol. The van der Waals surface area contributed by atoms with E-state index in [9.17, 15) is 4.79 Å². The van der Waals surface area contributed by atoms with Crippen molar-refractivity contribution in [1.82, 2.24) is 14.8 Å². The summed E-state index contributed by atoms with van der Waals surface area (Å²) in [4.78, 5) is 11.3. The Kier molecular flexibility index (Phi) is 3.50. The molecule has 0 spiro atoms. The van der Waals surface area contributed by atoms with E-state index >= 15 is 0 Å². The SMILES string of the molecule is CCC(=O)Nc1ccc(-c2nnc3n2CCCC3)cc1. The highest BCUT2D eigenvalue weighted by molar-refractivity contribution is 5.90. The molecule has 0 fully saturated rings. The Balaban J connectivity index is 1.84. The first kappa shape index (κ1) is 12.8. The van der Waals surface area contributed by atoms with E-state index in [4.69, 9.17) is 0 Å². The molecule has 1 aromatic carbocycles. The molecule has 5 nitrogen and oxygen atoms in total. The molecule has 0 saturated carbocycles. The van der Waals surface area contributed by atoms with Gasteiger partial charge in [-0.3, -0.25) is 4.79 Å². The lowest BCUT2D eigenvalue weighted by atomic mass is 10.1. The van der Waals surface area contributed by atoms with E-state index in [0.717, 1.165) is 35.9 Å². The minimum Gasteiger partial charge on any atom is -0.326 e. The van der Waals surface area contributed by atoms with Gasteiger partial charge in [0.1, 0.15) is 5.82 Å². The molecule has 0 unspecified atom stereocenters. The first-order chi connectivity index (χ1) is 9.78. The molecule has 0 atom stereocenters. The van der Waals surface area contributed by atoms with Crippen molar-refractivity contribution in [3.05, 3.63) is 30.1 Å². The fourth-order valence-electron chi connectivity index (χ4n) is 2.47. The van der Waals surface area contributed by atoms with Crippen molar-refractivity contribution in [1.29, 1.82) is 0 Å². The van der Waals surface area contributed by atoms with Crippen LogP contribution in [0, 0.1) is 0 Å². The summed E-state index contributed by atoms with van der Waals surface area (Å²) in [5.74, 6) is 2.03. The molecule has 1 N–H and O–H groups in total. The van der Waals surface area contributed by atoms with Gasteiger partial charge in [-0.1, -0.05) is 6.92 Å². The number of rotatable bonds is 3. The standard InChI is InChI=1S/C15H18N4O/c1-2-14(20)16-12-8-6-11(7-9-12)15-18-17-13-5-3-4-10-19(13)15/h6-9H,2-5,10H2,1H3,(H,16,20). The third kappa shape index (κ3) is 2.43. The fraction of sp³-hybridized carbons (Fsp3) is 0.400. The van der Waals surface area contributed by atoms with Gasteiger partial charge in [0.05, 0.1) is 0 Å². The first-order valence-corrected chi connectivity index (χ1v) is 7.10. The average Bonchev–Trinajstić information content (AvgIpc) is 2.92. The van der Waals surface area contributed by atoms with Gasteiger partial charge in [0.2, 0.25) is 5.91 Å². The molecule has 2 heterocycles. The summed E-state index contributed by atoms with van der Waals surface area (Å²) in [6.45, 7) is 2.83. The maximum absolute atomic E-state index is 11.3. The molecule has 0 aliphatic carbocycles. The van der Waals surface area contributed by atoms with Crippen LogP contribution in [0.3, 0.4) is 0 Å². The number of anilines is 1. The van der Waals surface area contributed by atoms with Crippen LogP contribution in [0.2, 0.25) is 0 Å². The Morgan fingerprint density at radius 2 is 2.05 bits per heavy atom. The molecule has 0 radical (unpaired) electrons. The fourth-order valence-corrected chi connectivity index (χ4v) is 2.47. The maximum atomic E-state index is 11.3. The number of aryl methyl sites for hydroxylation is 1. The van der Waals surface area contributed by atoms with Crippen molar-refractivity contribution in [3.63, 3.8) is 0 Å². The molecule has 104 valence electrons. The monoisotopic (exact) mass is 270 g/mol. The van der Waals surface area contributed by atoms with E-state index in [-0.39, 0.29) is 5.91 Å². The van der Waals surface area contributed by atoms with Crippen molar-refractivity contribution < 1.29 is 4.79 Å². The topological polar surface area (TPSA) is 59.8 Å². The summed E-state index contributed by atoms with van der Waals surface area (Å²) < 4.78 is 2.20. The lowest BCUT2D eigenvalue weighted by Gasteiger charge is -2.14. The number of nitrogens with zero attached hydrogens (tertiary/aromatic N) is 3. The van der Waals surface area contributed by atoms with E-state index in [1.807, 2.05) is 31.2 Å². The molecule has 0 saturated heterocycles. The van der Waals surface area contributed by atoms with Crippen molar-refractivity contribution in [3.8, 4) is 11.4 Å². The zero-order chi connectivity index (χ0) is 13.9. The molecule has 5 heteroatoms. The predicted octanol–water partition coefficient (Wildman–Crippen LogP) is 2.63. The number of nitrogens with one attached hydrogen (secondary N) is 1. The van der Waals surface area contributed by atoms with E-state index in [1.165, 1.54) is 12.8 Å². The molecular formula is C15H18N4O. The number of amides is 1. The van der Waals surface area contributed by atoms with E-state index in [1.54, 1.807) is 0 Å². The summed E-state index contributed by atoms with van der Waals surface area (Å²) in [6.07, 6.45) is 3.87. The molecule has 1 aromatic heterocycles. The Morgan fingerprint density at radius 1 is 1.25 bits per heavy atom. The molecule has 0 bridgehead atoms. The number of aromatic nitrogens is 3. The third-order valence-electron chi connectivity index (χ3n) is 3.61.